The van der Waals surface area contributed by atoms with Gasteiger partial charge in [0.05, 0.1) is 5.75 Å². The van der Waals surface area contributed by atoms with Crippen molar-refractivity contribution in [2.24, 2.45) is 5.73 Å². The second-order valence-electron chi connectivity index (χ2n) is 1.79. The molecular weight excluding hydrogens is 162 g/mol. The van der Waals surface area contributed by atoms with Crippen LogP contribution >= 0.6 is 11.8 Å². The summed E-state index contributed by atoms with van der Waals surface area (Å²) in [5.41, 5.74) is 4.92. The van der Waals surface area contributed by atoms with Crippen molar-refractivity contribution >= 4 is 17.7 Å². The van der Waals surface area contributed by atoms with Gasteiger partial charge in [0, 0.05) is 12.4 Å². The highest BCUT2D eigenvalue weighted by Crippen LogP contribution is 2.08. The maximum Gasteiger partial charge on any atom is 0.227 e. The normalized spacial score (nSPS) is 9.45. The van der Waals surface area contributed by atoms with Crippen LogP contribution in [-0.4, -0.2) is 21.6 Å². The minimum Gasteiger partial charge on any atom is -0.369 e. The van der Waals surface area contributed by atoms with Gasteiger partial charge >= 0.3 is 0 Å². The molecule has 58 valence electrons. The van der Waals surface area contributed by atoms with Gasteiger partial charge in [-0.05, 0) is 6.07 Å². The largest absolute Gasteiger partial charge is 0.369 e. The van der Waals surface area contributed by atoms with Gasteiger partial charge in [0.2, 0.25) is 5.91 Å². The third-order valence-electron chi connectivity index (χ3n) is 0.886. The topological polar surface area (TPSA) is 68.9 Å². The molecule has 0 fully saturated rings. The highest BCUT2D eigenvalue weighted by Gasteiger charge is 1.97. The standard InChI is InChI=1S/C6H7N3OS/c7-5(10)4-11-6-8-2-1-3-9-6/h1-3H,4H2,(H2,7,10). The number of primary amides is 1. The summed E-state index contributed by atoms with van der Waals surface area (Å²) in [4.78, 5) is 18.1. The number of nitrogens with two attached hydrogens (primary N) is 1. The Morgan fingerprint density at radius 3 is 2.73 bits per heavy atom. The van der Waals surface area contributed by atoms with E-state index in [2.05, 4.69) is 9.97 Å². The Bertz CT molecular complexity index is 239. The fourth-order valence-corrected chi connectivity index (χ4v) is 1.04. The summed E-state index contributed by atoms with van der Waals surface area (Å²) >= 11 is 1.23. The average Bonchev–Trinajstić information content (AvgIpc) is 2.03. The zero-order chi connectivity index (χ0) is 8.10. The summed E-state index contributed by atoms with van der Waals surface area (Å²) in [6.45, 7) is 0. The SMILES string of the molecule is NC(=O)CSc1ncccn1. The number of thioether (sulfide) groups is 1. The molecule has 4 nitrogen and oxygen atoms in total. The summed E-state index contributed by atoms with van der Waals surface area (Å²) in [7, 11) is 0. The maximum atomic E-state index is 10.3. The van der Waals surface area contributed by atoms with Crippen molar-refractivity contribution in [2.75, 3.05) is 5.75 Å². The van der Waals surface area contributed by atoms with Gasteiger partial charge in [0.1, 0.15) is 0 Å². The first-order valence-corrected chi connectivity index (χ1v) is 3.96. The molecule has 1 heterocycles. The predicted octanol–water partition coefficient (Wildman–Crippen LogP) is 0.0540. The van der Waals surface area contributed by atoms with Crippen LogP contribution in [0.5, 0.6) is 0 Å². The van der Waals surface area contributed by atoms with E-state index in [1.54, 1.807) is 18.5 Å². The van der Waals surface area contributed by atoms with Crippen LogP contribution in [0.1, 0.15) is 0 Å². The first-order chi connectivity index (χ1) is 5.29. The molecule has 1 aromatic rings. The van der Waals surface area contributed by atoms with E-state index in [0.717, 1.165) is 0 Å². The Labute approximate surface area is 68.2 Å². The summed E-state index contributed by atoms with van der Waals surface area (Å²) < 4.78 is 0. The first kappa shape index (κ1) is 8.00. The van der Waals surface area contributed by atoms with Gasteiger partial charge < -0.3 is 5.73 Å². The zero-order valence-electron chi connectivity index (χ0n) is 5.73. The van der Waals surface area contributed by atoms with E-state index in [4.69, 9.17) is 5.73 Å². The van der Waals surface area contributed by atoms with Gasteiger partial charge in [-0.2, -0.15) is 0 Å². The Balaban J connectivity index is 2.45. The Morgan fingerprint density at radius 2 is 2.18 bits per heavy atom. The summed E-state index contributed by atoms with van der Waals surface area (Å²) in [5, 5.41) is 0.575. The molecule has 0 spiro atoms. The van der Waals surface area contributed by atoms with Crippen LogP contribution in [0.15, 0.2) is 23.6 Å². The van der Waals surface area contributed by atoms with E-state index in [-0.39, 0.29) is 11.7 Å². The van der Waals surface area contributed by atoms with Crippen LogP contribution in [-0.2, 0) is 4.79 Å². The molecule has 0 radical (unpaired) electrons. The summed E-state index contributed by atoms with van der Waals surface area (Å²) in [6, 6.07) is 1.72. The number of nitrogens with zero attached hydrogens (tertiary/aromatic N) is 2. The molecule has 2 N–H and O–H groups in total. The minimum atomic E-state index is -0.359. The zero-order valence-corrected chi connectivity index (χ0v) is 6.54. The number of amides is 1. The van der Waals surface area contributed by atoms with Crippen molar-refractivity contribution in [1.82, 2.24) is 9.97 Å². The third kappa shape index (κ3) is 2.99. The fraction of sp³-hybridized carbons (Fsp3) is 0.167. The molecule has 1 rings (SSSR count). The second kappa shape index (κ2) is 3.92. The van der Waals surface area contributed by atoms with Gasteiger partial charge in [-0.15, -0.1) is 0 Å². The van der Waals surface area contributed by atoms with Gasteiger partial charge in [-0.25, -0.2) is 9.97 Å². The summed E-state index contributed by atoms with van der Waals surface area (Å²) in [5.74, 6) is -0.133. The van der Waals surface area contributed by atoms with Gasteiger partial charge in [-0.3, -0.25) is 4.79 Å². The van der Waals surface area contributed by atoms with Crippen molar-refractivity contribution < 1.29 is 4.79 Å². The number of hydrogen-bond acceptors (Lipinski definition) is 4. The molecule has 5 heteroatoms. The number of carbonyl (C=O) groups excluding carboxylic acids is 1. The van der Waals surface area contributed by atoms with E-state index in [0.29, 0.717) is 5.16 Å². The van der Waals surface area contributed by atoms with Crippen molar-refractivity contribution in [1.29, 1.82) is 0 Å². The highest BCUT2D eigenvalue weighted by atomic mass is 32.2. The molecule has 0 bridgehead atoms. The fourth-order valence-electron chi connectivity index (χ4n) is 0.496. The van der Waals surface area contributed by atoms with Crippen LogP contribution in [0.25, 0.3) is 0 Å². The first-order valence-electron chi connectivity index (χ1n) is 2.97. The molecular formula is C6H7N3OS. The lowest BCUT2D eigenvalue weighted by molar-refractivity contribution is -0.115. The van der Waals surface area contributed by atoms with Gasteiger partial charge in [0.25, 0.3) is 0 Å². The molecule has 0 saturated heterocycles. The van der Waals surface area contributed by atoms with E-state index in [9.17, 15) is 4.79 Å². The molecule has 0 aliphatic heterocycles. The Hall–Kier alpha value is -1.10. The van der Waals surface area contributed by atoms with Crippen molar-refractivity contribution in [2.45, 2.75) is 5.16 Å². The quantitative estimate of drug-likeness (QED) is 0.513. The van der Waals surface area contributed by atoms with E-state index < -0.39 is 0 Å². The van der Waals surface area contributed by atoms with Crippen LogP contribution < -0.4 is 5.73 Å². The molecule has 0 aromatic carbocycles. The number of rotatable bonds is 3. The molecule has 1 aromatic heterocycles. The molecule has 0 saturated carbocycles. The van der Waals surface area contributed by atoms with Crippen molar-refractivity contribution in [3.63, 3.8) is 0 Å². The van der Waals surface area contributed by atoms with Crippen LogP contribution in [0.2, 0.25) is 0 Å². The van der Waals surface area contributed by atoms with Crippen LogP contribution in [0.4, 0.5) is 0 Å². The lowest BCUT2D eigenvalue weighted by Gasteiger charge is -1.93. The van der Waals surface area contributed by atoms with Crippen LogP contribution in [0, 0.1) is 0 Å². The highest BCUT2D eigenvalue weighted by molar-refractivity contribution is 7.99. The van der Waals surface area contributed by atoms with Gasteiger partial charge in [0.15, 0.2) is 5.16 Å². The average molecular weight is 169 g/mol. The Morgan fingerprint density at radius 1 is 1.55 bits per heavy atom. The second-order valence-corrected chi connectivity index (χ2v) is 2.73. The van der Waals surface area contributed by atoms with Gasteiger partial charge in [-0.1, -0.05) is 11.8 Å². The van der Waals surface area contributed by atoms with Crippen LogP contribution in [0.3, 0.4) is 0 Å². The minimum absolute atomic E-state index is 0.226. The lowest BCUT2D eigenvalue weighted by atomic mass is 10.7. The number of carbonyl (C=O) groups is 1. The molecule has 0 atom stereocenters. The maximum absolute atomic E-state index is 10.3. The van der Waals surface area contributed by atoms with E-state index >= 15 is 0 Å². The smallest absolute Gasteiger partial charge is 0.227 e. The molecule has 1 amide bonds. The number of aromatic nitrogens is 2. The monoisotopic (exact) mass is 169 g/mol. The predicted molar refractivity (Wildman–Crippen MR) is 42.0 cm³/mol. The van der Waals surface area contributed by atoms with E-state index in [1.165, 1.54) is 11.8 Å². The summed E-state index contributed by atoms with van der Waals surface area (Å²) in [6.07, 6.45) is 3.24. The third-order valence-corrected chi connectivity index (χ3v) is 1.78. The van der Waals surface area contributed by atoms with Crippen molar-refractivity contribution in [3.05, 3.63) is 18.5 Å². The lowest BCUT2D eigenvalue weighted by Crippen LogP contribution is -2.13. The number of hydrogen-bond donors (Lipinski definition) is 1. The Kier molecular flexibility index (Phi) is 2.85. The molecule has 0 aliphatic rings. The van der Waals surface area contributed by atoms with E-state index in [1.807, 2.05) is 0 Å². The molecule has 0 aliphatic carbocycles. The molecule has 0 unspecified atom stereocenters. The molecule has 11 heavy (non-hydrogen) atoms. The van der Waals surface area contributed by atoms with Crippen molar-refractivity contribution in [3.8, 4) is 0 Å².